The average molecular weight is 515 g/mol. The van der Waals surface area contributed by atoms with Crippen LogP contribution in [-0.2, 0) is 20.8 Å². The zero-order valence-electron chi connectivity index (χ0n) is 22.6. The first-order chi connectivity index (χ1) is 18.1. The Bertz CT molecular complexity index is 1260. The van der Waals surface area contributed by atoms with Gasteiger partial charge in [0.15, 0.2) is 5.78 Å². The summed E-state index contributed by atoms with van der Waals surface area (Å²) in [5.41, 5.74) is 1.30. The van der Waals surface area contributed by atoms with Crippen LogP contribution in [0.1, 0.15) is 68.8 Å². The first-order valence-corrected chi connectivity index (χ1v) is 13.3. The third-order valence-corrected chi connectivity index (χ3v) is 6.30. The van der Waals surface area contributed by atoms with Crippen LogP contribution >= 0.6 is 0 Å². The molecule has 0 saturated carbocycles. The van der Waals surface area contributed by atoms with Gasteiger partial charge in [0, 0.05) is 43.3 Å². The smallest absolute Gasteiger partial charge is 0.224 e. The molecule has 3 rings (SSSR count). The minimum atomic E-state index is -0.755. The number of carbonyl (C=O) groups excluding carboxylic acids is 4. The number of rotatable bonds is 13. The van der Waals surface area contributed by atoms with Crippen molar-refractivity contribution >= 4 is 34.2 Å². The second-order valence-corrected chi connectivity index (χ2v) is 10.8. The number of ketones is 2. The van der Waals surface area contributed by atoms with Crippen molar-refractivity contribution in [3.8, 4) is 0 Å². The van der Waals surface area contributed by atoms with Crippen molar-refractivity contribution in [1.82, 2.24) is 10.6 Å². The van der Waals surface area contributed by atoms with E-state index in [0.717, 1.165) is 16.3 Å². The van der Waals surface area contributed by atoms with Crippen molar-refractivity contribution in [3.05, 3.63) is 83.9 Å². The lowest BCUT2D eigenvalue weighted by Gasteiger charge is -2.23. The largest absolute Gasteiger partial charge is 0.356 e. The molecule has 0 heterocycles. The molecule has 0 bridgehead atoms. The van der Waals surface area contributed by atoms with Crippen molar-refractivity contribution < 1.29 is 19.2 Å². The zero-order valence-corrected chi connectivity index (χ0v) is 22.6. The fraction of sp³-hybridized carbons (Fsp3) is 0.375. The normalized spacial score (nSPS) is 12.1. The molecule has 0 fully saturated rings. The topological polar surface area (TPSA) is 92.3 Å². The maximum absolute atomic E-state index is 13.0. The lowest BCUT2D eigenvalue weighted by Crippen LogP contribution is -2.43. The number of benzene rings is 3. The second-order valence-electron chi connectivity index (χ2n) is 10.8. The minimum Gasteiger partial charge on any atom is -0.356 e. The molecule has 2 amide bonds. The number of hydrogen-bond acceptors (Lipinski definition) is 4. The predicted octanol–water partition coefficient (Wildman–Crippen LogP) is 5.43. The van der Waals surface area contributed by atoms with Crippen LogP contribution < -0.4 is 10.6 Å². The van der Waals surface area contributed by atoms with Crippen LogP contribution in [0.5, 0.6) is 0 Å². The molecule has 0 saturated heterocycles. The zero-order chi connectivity index (χ0) is 27.5. The van der Waals surface area contributed by atoms with Gasteiger partial charge in [0.05, 0.1) is 5.92 Å². The SMILES string of the molecule is CC(C)(C)NC(=O)C[C@H](CC(=O)CCc1ccccc1)C(=O)NCCCC(=O)c1cccc2ccccc12. The van der Waals surface area contributed by atoms with E-state index >= 15 is 0 Å². The summed E-state index contributed by atoms with van der Waals surface area (Å²) < 4.78 is 0. The van der Waals surface area contributed by atoms with E-state index in [1.165, 1.54) is 0 Å². The van der Waals surface area contributed by atoms with E-state index < -0.39 is 11.5 Å². The lowest BCUT2D eigenvalue weighted by molar-refractivity contribution is -0.133. The number of hydrogen-bond donors (Lipinski definition) is 2. The highest BCUT2D eigenvalue weighted by Gasteiger charge is 2.26. The number of fused-ring (bicyclic) bond motifs is 1. The summed E-state index contributed by atoms with van der Waals surface area (Å²) in [6.45, 7) is 5.92. The summed E-state index contributed by atoms with van der Waals surface area (Å²) in [4.78, 5) is 51.2. The monoisotopic (exact) mass is 514 g/mol. The highest BCUT2D eigenvalue weighted by molar-refractivity contribution is 6.08. The summed E-state index contributed by atoms with van der Waals surface area (Å²) in [7, 11) is 0. The van der Waals surface area contributed by atoms with E-state index in [9.17, 15) is 19.2 Å². The molecular formula is C32H38N2O4. The number of Topliss-reactive ketones (excluding diaryl/α,β-unsaturated/α-hetero) is 2. The van der Waals surface area contributed by atoms with Gasteiger partial charge in [-0.3, -0.25) is 19.2 Å². The van der Waals surface area contributed by atoms with Crippen LogP contribution in [0.15, 0.2) is 72.8 Å². The molecule has 3 aromatic rings. The molecular weight excluding hydrogens is 476 g/mol. The summed E-state index contributed by atoms with van der Waals surface area (Å²) >= 11 is 0. The van der Waals surface area contributed by atoms with Gasteiger partial charge in [-0.05, 0) is 49.9 Å². The fourth-order valence-corrected chi connectivity index (χ4v) is 4.46. The molecule has 0 unspecified atom stereocenters. The number of nitrogens with one attached hydrogen (secondary N) is 2. The summed E-state index contributed by atoms with van der Waals surface area (Å²) in [5.74, 6) is -1.38. The molecule has 1 atom stereocenters. The van der Waals surface area contributed by atoms with E-state index in [1.54, 1.807) is 0 Å². The standard InChI is InChI=1S/C32H38N2O4/c1-32(2,3)34-30(37)22-25(21-26(35)19-18-23-11-5-4-6-12-23)31(38)33-20-10-17-29(36)28-16-9-14-24-13-7-8-15-27(24)28/h4-9,11-16,25H,10,17-22H2,1-3H3,(H,33,38)(H,34,37)/t25-/m0/s1. The maximum atomic E-state index is 13.0. The molecule has 0 radical (unpaired) electrons. The van der Waals surface area contributed by atoms with Crippen LogP contribution in [0.3, 0.4) is 0 Å². The molecule has 0 aliphatic carbocycles. The van der Waals surface area contributed by atoms with E-state index in [2.05, 4.69) is 10.6 Å². The van der Waals surface area contributed by atoms with Crippen molar-refractivity contribution in [3.63, 3.8) is 0 Å². The van der Waals surface area contributed by atoms with Crippen molar-refractivity contribution in [2.24, 2.45) is 5.92 Å². The molecule has 2 N–H and O–H groups in total. The molecule has 0 spiro atoms. The maximum Gasteiger partial charge on any atom is 0.224 e. The van der Waals surface area contributed by atoms with Gasteiger partial charge in [-0.1, -0.05) is 72.8 Å². The third kappa shape index (κ3) is 9.25. The molecule has 38 heavy (non-hydrogen) atoms. The Morgan fingerprint density at radius 1 is 0.789 bits per heavy atom. The number of amides is 2. The Labute approximate surface area is 225 Å². The molecule has 6 nitrogen and oxygen atoms in total. The Morgan fingerprint density at radius 2 is 1.47 bits per heavy atom. The van der Waals surface area contributed by atoms with Gasteiger partial charge >= 0.3 is 0 Å². The van der Waals surface area contributed by atoms with E-state index in [0.29, 0.717) is 37.8 Å². The first kappa shape index (κ1) is 28.8. The molecule has 0 aliphatic heterocycles. The fourth-order valence-electron chi connectivity index (χ4n) is 4.46. The predicted molar refractivity (Wildman–Crippen MR) is 151 cm³/mol. The minimum absolute atomic E-state index is 0.00512. The highest BCUT2D eigenvalue weighted by Crippen LogP contribution is 2.20. The number of carbonyl (C=O) groups is 4. The van der Waals surface area contributed by atoms with Crippen molar-refractivity contribution in [1.29, 1.82) is 0 Å². The summed E-state index contributed by atoms with van der Waals surface area (Å²) in [6.07, 6.45) is 1.61. The van der Waals surface area contributed by atoms with Gasteiger partial charge in [-0.15, -0.1) is 0 Å². The average Bonchev–Trinajstić information content (AvgIpc) is 2.88. The van der Waals surface area contributed by atoms with Gasteiger partial charge in [0.1, 0.15) is 5.78 Å². The van der Waals surface area contributed by atoms with Gasteiger partial charge in [0.25, 0.3) is 0 Å². The Morgan fingerprint density at radius 3 is 2.21 bits per heavy atom. The van der Waals surface area contributed by atoms with Crippen molar-refractivity contribution in [2.45, 2.75) is 64.8 Å². The quantitative estimate of drug-likeness (QED) is 0.235. The highest BCUT2D eigenvalue weighted by atomic mass is 16.2. The molecule has 200 valence electrons. The van der Waals surface area contributed by atoms with E-state index in [4.69, 9.17) is 0 Å². The molecule has 3 aromatic carbocycles. The van der Waals surface area contributed by atoms with Crippen LogP contribution in [-0.4, -0.2) is 35.5 Å². The van der Waals surface area contributed by atoms with Gasteiger partial charge in [-0.2, -0.15) is 0 Å². The molecule has 0 aromatic heterocycles. The van der Waals surface area contributed by atoms with Crippen LogP contribution in [0.25, 0.3) is 10.8 Å². The Balaban J connectivity index is 1.54. The van der Waals surface area contributed by atoms with Gasteiger partial charge < -0.3 is 10.6 Å². The summed E-state index contributed by atoms with van der Waals surface area (Å²) in [5, 5.41) is 7.66. The van der Waals surface area contributed by atoms with E-state index in [-0.39, 0.29) is 36.2 Å². The first-order valence-electron chi connectivity index (χ1n) is 13.3. The van der Waals surface area contributed by atoms with E-state index in [1.807, 2.05) is 93.6 Å². The summed E-state index contributed by atoms with van der Waals surface area (Å²) in [6, 6.07) is 23.2. The van der Waals surface area contributed by atoms with Crippen LogP contribution in [0.2, 0.25) is 0 Å². The Kier molecular flexibility index (Phi) is 10.3. The van der Waals surface area contributed by atoms with Crippen LogP contribution in [0.4, 0.5) is 0 Å². The third-order valence-electron chi connectivity index (χ3n) is 6.30. The second kappa shape index (κ2) is 13.7. The van der Waals surface area contributed by atoms with Gasteiger partial charge in [-0.25, -0.2) is 0 Å². The molecule has 0 aliphatic rings. The number of aryl methyl sites for hydroxylation is 1. The van der Waals surface area contributed by atoms with Crippen molar-refractivity contribution in [2.75, 3.05) is 6.54 Å². The van der Waals surface area contributed by atoms with Gasteiger partial charge in [0.2, 0.25) is 11.8 Å². The van der Waals surface area contributed by atoms with Crippen LogP contribution in [0, 0.1) is 5.92 Å². The Hall–Kier alpha value is -3.80. The lowest BCUT2D eigenvalue weighted by atomic mass is 9.94. The molecule has 6 heteroatoms.